The summed E-state index contributed by atoms with van der Waals surface area (Å²) in [5, 5.41) is 0.535. The van der Waals surface area contributed by atoms with Gasteiger partial charge in [0.1, 0.15) is 5.15 Å². The van der Waals surface area contributed by atoms with Crippen LogP contribution in [-0.4, -0.2) is 76.3 Å². The van der Waals surface area contributed by atoms with Gasteiger partial charge in [-0.1, -0.05) is 53.5 Å². The average molecular weight is 590 g/mol. The van der Waals surface area contributed by atoms with Crippen LogP contribution in [0, 0.1) is 0 Å². The molecule has 3 heterocycles. The maximum atomic E-state index is 14.0. The molecule has 4 atom stereocenters. The Balaban J connectivity index is 1.52. The Morgan fingerprint density at radius 2 is 1.90 bits per heavy atom. The van der Waals surface area contributed by atoms with E-state index in [0.717, 1.165) is 19.3 Å². The summed E-state index contributed by atoms with van der Waals surface area (Å²) in [6.45, 7) is 3.12. The first-order valence-corrected chi connectivity index (χ1v) is 14.9. The van der Waals surface area contributed by atoms with Crippen molar-refractivity contribution in [1.29, 1.82) is 0 Å². The number of amides is 1. The van der Waals surface area contributed by atoms with Gasteiger partial charge >= 0.3 is 5.97 Å². The van der Waals surface area contributed by atoms with Crippen LogP contribution in [-0.2, 0) is 32.0 Å². The Kier molecular flexibility index (Phi) is 11.0. The number of aryl methyl sites for hydroxylation is 2. The van der Waals surface area contributed by atoms with Crippen LogP contribution >= 0.6 is 23.2 Å². The zero-order valence-corrected chi connectivity index (χ0v) is 24.4. The van der Waals surface area contributed by atoms with Crippen LogP contribution < -0.4 is 5.73 Å². The standard InChI is InChI=1S/C30H38Cl2N4O4/c1-2-40-28(38)15-13-25(27(37)14-10-22-9-12-24(31)29(32)34-22)35-17-16-23(11-8-20-6-4-3-5-7-20)36-19-21(33)18-26(36)30(35)39/h3-7,9,12,21,23,25-26H,2,8,10-11,13-19,33H2,1H3/t21-,23?,25-,26+/m1/s1. The number of ether oxygens (including phenoxy) is 1. The molecule has 1 amide bonds. The molecular weight excluding hydrogens is 551 g/mol. The molecule has 2 aromatic rings. The SMILES string of the molecule is CCOC(=O)CC[C@H](C(=O)CCc1ccc(Cl)c(Cl)n1)N1CCC(CCc2ccccc2)N2C[C@H](N)C[C@H]2C1=O. The van der Waals surface area contributed by atoms with E-state index in [0.29, 0.717) is 36.6 Å². The van der Waals surface area contributed by atoms with E-state index in [9.17, 15) is 14.4 Å². The molecule has 40 heavy (non-hydrogen) atoms. The summed E-state index contributed by atoms with van der Waals surface area (Å²) in [7, 11) is 0. The van der Waals surface area contributed by atoms with Gasteiger partial charge in [0.2, 0.25) is 5.91 Å². The topological polar surface area (TPSA) is 106 Å². The van der Waals surface area contributed by atoms with Gasteiger partial charge in [-0.15, -0.1) is 0 Å². The molecule has 8 nitrogen and oxygen atoms in total. The molecule has 1 aromatic heterocycles. The van der Waals surface area contributed by atoms with Crippen LogP contribution in [0.5, 0.6) is 0 Å². The molecule has 10 heteroatoms. The predicted molar refractivity (Wildman–Crippen MR) is 155 cm³/mol. The highest BCUT2D eigenvalue weighted by atomic mass is 35.5. The predicted octanol–water partition coefficient (Wildman–Crippen LogP) is 4.24. The van der Waals surface area contributed by atoms with E-state index < -0.39 is 6.04 Å². The van der Waals surface area contributed by atoms with Crippen molar-refractivity contribution in [1.82, 2.24) is 14.8 Å². The number of fused-ring (bicyclic) bond motifs is 1. The number of hydrogen-bond acceptors (Lipinski definition) is 7. The van der Waals surface area contributed by atoms with Gasteiger partial charge in [-0.05, 0) is 63.1 Å². The Morgan fingerprint density at radius 3 is 2.62 bits per heavy atom. The van der Waals surface area contributed by atoms with Crippen molar-refractivity contribution in [3.63, 3.8) is 0 Å². The zero-order valence-electron chi connectivity index (χ0n) is 22.9. The van der Waals surface area contributed by atoms with Crippen molar-refractivity contribution >= 4 is 40.9 Å². The molecule has 1 unspecified atom stereocenters. The molecule has 2 aliphatic heterocycles. The second-order valence-corrected chi connectivity index (χ2v) is 11.4. The number of esters is 1. The minimum absolute atomic E-state index is 0.0599. The summed E-state index contributed by atoms with van der Waals surface area (Å²) >= 11 is 12.0. The van der Waals surface area contributed by atoms with Gasteiger partial charge in [0.15, 0.2) is 5.78 Å². The van der Waals surface area contributed by atoms with Crippen molar-refractivity contribution in [3.8, 4) is 0 Å². The fourth-order valence-electron chi connectivity index (χ4n) is 5.88. The lowest BCUT2D eigenvalue weighted by Gasteiger charge is -2.32. The molecule has 2 N–H and O–H groups in total. The molecule has 4 rings (SSSR count). The van der Waals surface area contributed by atoms with Crippen molar-refractivity contribution < 1.29 is 19.1 Å². The minimum Gasteiger partial charge on any atom is -0.466 e. The van der Waals surface area contributed by atoms with E-state index in [4.69, 9.17) is 33.7 Å². The Labute approximate surface area is 246 Å². The van der Waals surface area contributed by atoms with E-state index in [-0.39, 0.29) is 66.8 Å². The summed E-state index contributed by atoms with van der Waals surface area (Å²) in [5.74, 6) is -0.564. The quantitative estimate of drug-likeness (QED) is 0.292. The lowest BCUT2D eigenvalue weighted by atomic mass is 9.98. The number of nitrogens with zero attached hydrogens (tertiary/aromatic N) is 3. The number of nitrogens with two attached hydrogens (primary N) is 1. The molecule has 2 fully saturated rings. The van der Waals surface area contributed by atoms with Crippen LogP contribution in [0.25, 0.3) is 0 Å². The van der Waals surface area contributed by atoms with Crippen LogP contribution in [0.15, 0.2) is 42.5 Å². The number of aromatic nitrogens is 1. The Morgan fingerprint density at radius 1 is 1.12 bits per heavy atom. The van der Waals surface area contributed by atoms with Gasteiger partial charge in [-0.2, -0.15) is 0 Å². The van der Waals surface area contributed by atoms with E-state index in [1.54, 1.807) is 24.0 Å². The molecule has 0 saturated carbocycles. The Bertz CT molecular complexity index is 1180. The van der Waals surface area contributed by atoms with Gasteiger partial charge in [0.25, 0.3) is 0 Å². The molecule has 0 aliphatic carbocycles. The lowest BCUT2D eigenvalue weighted by molar-refractivity contribution is -0.146. The van der Waals surface area contributed by atoms with Gasteiger partial charge < -0.3 is 15.4 Å². The fourth-order valence-corrected chi connectivity index (χ4v) is 6.16. The first-order valence-electron chi connectivity index (χ1n) is 14.1. The summed E-state index contributed by atoms with van der Waals surface area (Å²) in [5.41, 5.74) is 8.26. The van der Waals surface area contributed by atoms with Gasteiger partial charge in [-0.3, -0.25) is 19.3 Å². The molecule has 1 aromatic carbocycles. The number of hydrogen-bond donors (Lipinski definition) is 1. The molecular formula is C30H38Cl2N4O4. The van der Waals surface area contributed by atoms with E-state index >= 15 is 0 Å². The maximum absolute atomic E-state index is 14.0. The molecule has 216 valence electrons. The minimum atomic E-state index is -0.730. The highest BCUT2D eigenvalue weighted by Crippen LogP contribution is 2.31. The van der Waals surface area contributed by atoms with E-state index in [1.807, 2.05) is 18.2 Å². The highest BCUT2D eigenvalue weighted by Gasteiger charge is 2.45. The first kappa shape index (κ1) is 30.4. The van der Waals surface area contributed by atoms with Crippen LogP contribution in [0.4, 0.5) is 0 Å². The van der Waals surface area contributed by atoms with Crippen molar-refractivity contribution in [2.75, 3.05) is 19.7 Å². The maximum Gasteiger partial charge on any atom is 0.305 e. The van der Waals surface area contributed by atoms with Gasteiger partial charge in [0, 0.05) is 43.7 Å². The largest absolute Gasteiger partial charge is 0.466 e. The third-order valence-corrected chi connectivity index (χ3v) is 8.57. The number of ketones is 1. The number of halogens is 2. The number of Topliss-reactive ketones (excluding diaryl/α,β-unsaturated/α-hetero) is 1. The summed E-state index contributed by atoms with van der Waals surface area (Å²) in [6, 6.07) is 12.7. The second-order valence-electron chi connectivity index (χ2n) is 10.6. The average Bonchev–Trinajstić information content (AvgIpc) is 3.29. The van der Waals surface area contributed by atoms with Crippen molar-refractivity contribution in [2.45, 2.75) is 82.5 Å². The Hall–Kier alpha value is -2.52. The van der Waals surface area contributed by atoms with Crippen LogP contribution in [0.2, 0.25) is 10.2 Å². The number of benzene rings is 1. The smallest absolute Gasteiger partial charge is 0.305 e. The van der Waals surface area contributed by atoms with Gasteiger partial charge in [0.05, 0.1) is 23.7 Å². The molecule has 2 aliphatic rings. The third kappa shape index (κ3) is 7.81. The number of rotatable bonds is 12. The number of pyridine rings is 1. The number of carbonyl (C=O) groups excluding carboxylic acids is 3. The molecule has 2 saturated heterocycles. The zero-order chi connectivity index (χ0) is 28.6. The summed E-state index contributed by atoms with van der Waals surface area (Å²) < 4.78 is 5.12. The first-order chi connectivity index (χ1) is 19.3. The van der Waals surface area contributed by atoms with Crippen LogP contribution in [0.1, 0.15) is 56.7 Å². The molecule has 0 bridgehead atoms. The molecule has 0 spiro atoms. The van der Waals surface area contributed by atoms with Crippen molar-refractivity contribution in [2.24, 2.45) is 5.73 Å². The molecule has 0 radical (unpaired) electrons. The van der Waals surface area contributed by atoms with Gasteiger partial charge in [-0.25, -0.2) is 4.98 Å². The van der Waals surface area contributed by atoms with Crippen LogP contribution in [0.3, 0.4) is 0 Å². The summed E-state index contributed by atoms with van der Waals surface area (Å²) in [6.07, 6.45) is 3.89. The lowest BCUT2D eigenvalue weighted by Crippen LogP contribution is -2.50. The normalized spacial score (nSPS) is 22.1. The third-order valence-electron chi connectivity index (χ3n) is 7.88. The monoisotopic (exact) mass is 588 g/mol. The highest BCUT2D eigenvalue weighted by molar-refractivity contribution is 6.41. The summed E-state index contributed by atoms with van der Waals surface area (Å²) in [4.78, 5) is 48.1. The van der Waals surface area contributed by atoms with E-state index in [2.05, 4.69) is 22.0 Å². The second kappa shape index (κ2) is 14.4. The fraction of sp³-hybridized carbons (Fsp3) is 0.533. The van der Waals surface area contributed by atoms with E-state index in [1.165, 1.54) is 5.56 Å². The number of carbonyl (C=O) groups is 3. The van der Waals surface area contributed by atoms with Crippen molar-refractivity contribution in [3.05, 3.63) is 63.9 Å².